The zero-order valence-corrected chi connectivity index (χ0v) is 11.4. The lowest BCUT2D eigenvalue weighted by Gasteiger charge is -2.08. The van der Waals surface area contributed by atoms with Crippen LogP contribution in [-0.2, 0) is 11.3 Å². The van der Waals surface area contributed by atoms with Crippen LogP contribution in [0.25, 0.3) is 0 Å². The summed E-state index contributed by atoms with van der Waals surface area (Å²) < 4.78 is 5.09. The molecule has 1 aromatic carbocycles. The molecule has 0 fully saturated rings. The van der Waals surface area contributed by atoms with Crippen molar-refractivity contribution in [3.8, 4) is 0 Å². The number of hydrogen-bond donors (Lipinski definition) is 2. The Bertz CT molecular complexity index is 564. The number of halogens is 1. The molecule has 0 unspecified atom stereocenters. The molecule has 2 rings (SSSR count). The topological polar surface area (TPSA) is 72.0 Å². The standard InChI is InChI=1S/C12H14ClN5O/c1-14-11-16-10(13)17-12(18-11)15-9-5-3-4-8(6-9)7-19-2/h3-6H,7H2,1-2H3,(H2,14,15,16,17,18). The zero-order valence-electron chi connectivity index (χ0n) is 10.6. The van der Waals surface area contributed by atoms with Gasteiger partial charge in [-0.15, -0.1) is 0 Å². The average Bonchev–Trinajstić information content (AvgIpc) is 2.39. The Labute approximate surface area is 116 Å². The Balaban J connectivity index is 2.20. The molecule has 0 aliphatic carbocycles. The summed E-state index contributed by atoms with van der Waals surface area (Å²) in [7, 11) is 3.37. The molecule has 0 saturated carbocycles. The molecule has 0 saturated heterocycles. The quantitative estimate of drug-likeness (QED) is 0.876. The fourth-order valence-electron chi connectivity index (χ4n) is 1.55. The third-order valence-electron chi connectivity index (χ3n) is 2.33. The Hall–Kier alpha value is -1.92. The molecule has 1 aromatic heterocycles. The lowest BCUT2D eigenvalue weighted by Crippen LogP contribution is -2.03. The highest BCUT2D eigenvalue weighted by molar-refractivity contribution is 6.28. The van der Waals surface area contributed by atoms with Crippen molar-refractivity contribution in [2.45, 2.75) is 6.61 Å². The van der Waals surface area contributed by atoms with Crippen LogP contribution < -0.4 is 10.6 Å². The number of hydrogen-bond acceptors (Lipinski definition) is 6. The molecule has 0 aliphatic heterocycles. The number of rotatable bonds is 5. The second-order valence-electron chi connectivity index (χ2n) is 3.76. The van der Waals surface area contributed by atoms with E-state index in [-0.39, 0.29) is 5.28 Å². The van der Waals surface area contributed by atoms with Crippen molar-refractivity contribution >= 4 is 29.2 Å². The molecule has 0 spiro atoms. The van der Waals surface area contributed by atoms with E-state index in [0.29, 0.717) is 18.5 Å². The van der Waals surface area contributed by atoms with Gasteiger partial charge >= 0.3 is 0 Å². The summed E-state index contributed by atoms with van der Waals surface area (Å²) in [5.74, 6) is 0.800. The van der Waals surface area contributed by atoms with E-state index in [9.17, 15) is 0 Å². The number of aromatic nitrogens is 3. The highest BCUT2D eigenvalue weighted by Gasteiger charge is 2.04. The van der Waals surface area contributed by atoms with E-state index >= 15 is 0 Å². The second kappa shape index (κ2) is 6.31. The number of nitrogens with one attached hydrogen (secondary N) is 2. The molecule has 2 aromatic rings. The lowest BCUT2D eigenvalue weighted by atomic mass is 10.2. The van der Waals surface area contributed by atoms with Crippen LogP contribution in [0, 0.1) is 0 Å². The van der Waals surface area contributed by atoms with Crippen LogP contribution in [0.15, 0.2) is 24.3 Å². The molecule has 0 aliphatic rings. The van der Waals surface area contributed by atoms with E-state index in [1.54, 1.807) is 14.2 Å². The average molecular weight is 280 g/mol. The first-order valence-electron chi connectivity index (χ1n) is 5.65. The van der Waals surface area contributed by atoms with Gasteiger partial charge in [-0.1, -0.05) is 12.1 Å². The molecule has 0 radical (unpaired) electrons. The highest BCUT2D eigenvalue weighted by Crippen LogP contribution is 2.17. The number of methoxy groups -OCH3 is 1. The van der Waals surface area contributed by atoms with Crippen molar-refractivity contribution < 1.29 is 4.74 Å². The van der Waals surface area contributed by atoms with Crippen LogP contribution in [0.5, 0.6) is 0 Å². The third kappa shape index (κ3) is 3.77. The second-order valence-corrected chi connectivity index (χ2v) is 4.10. The van der Waals surface area contributed by atoms with Crippen molar-refractivity contribution in [3.63, 3.8) is 0 Å². The molecule has 6 nitrogen and oxygen atoms in total. The highest BCUT2D eigenvalue weighted by atomic mass is 35.5. The number of nitrogens with zero attached hydrogens (tertiary/aromatic N) is 3. The zero-order chi connectivity index (χ0) is 13.7. The van der Waals surface area contributed by atoms with E-state index in [1.165, 1.54) is 0 Å². The van der Waals surface area contributed by atoms with Crippen molar-refractivity contribution in [3.05, 3.63) is 35.1 Å². The van der Waals surface area contributed by atoms with Gasteiger partial charge in [0.2, 0.25) is 17.2 Å². The van der Waals surface area contributed by atoms with E-state index in [4.69, 9.17) is 16.3 Å². The summed E-state index contributed by atoms with van der Waals surface area (Å²) in [6, 6.07) is 7.78. The molecule has 0 amide bonds. The number of ether oxygens (including phenoxy) is 1. The normalized spacial score (nSPS) is 10.3. The summed E-state index contributed by atoms with van der Waals surface area (Å²) in [4.78, 5) is 12.1. The molecular formula is C12H14ClN5O. The SMILES string of the molecule is CNc1nc(Cl)nc(Nc2cccc(COC)c2)n1. The minimum absolute atomic E-state index is 0.134. The van der Waals surface area contributed by atoms with Gasteiger partial charge in [-0.2, -0.15) is 15.0 Å². The third-order valence-corrected chi connectivity index (χ3v) is 2.49. The van der Waals surface area contributed by atoms with Gasteiger partial charge in [0.1, 0.15) is 0 Å². The first kappa shape index (κ1) is 13.5. The van der Waals surface area contributed by atoms with Crippen molar-refractivity contribution in [1.82, 2.24) is 15.0 Å². The minimum atomic E-state index is 0.134. The Morgan fingerprint density at radius 2 is 2.00 bits per heavy atom. The smallest absolute Gasteiger partial charge is 0.233 e. The lowest BCUT2D eigenvalue weighted by molar-refractivity contribution is 0.185. The molecule has 0 bridgehead atoms. The first-order chi connectivity index (χ1) is 9.21. The van der Waals surface area contributed by atoms with Gasteiger partial charge in [0.25, 0.3) is 0 Å². The van der Waals surface area contributed by atoms with Crippen LogP contribution in [0.3, 0.4) is 0 Å². The van der Waals surface area contributed by atoms with Crippen LogP contribution in [0.1, 0.15) is 5.56 Å². The van der Waals surface area contributed by atoms with Gasteiger partial charge in [-0.25, -0.2) is 0 Å². The maximum Gasteiger partial charge on any atom is 0.233 e. The summed E-state index contributed by atoms with van der Waals surface area (Å²) >= 11 is 5.81. The van der Waals surface area contributed by atoms with Gasteiger partial charge in [0.15, 0.2) is 0 Å². The molecule has 19 heavy (non-hydrogen) atoms. The van der Waals surface area contributed by atoms with Crippen LogP contribution in [0.2, 0.25) is 5.28 Å². The molecule has 7 heteroatoms. The summed E-state index contributed by atoms with van der Waals surface area (Å²) in [6.07, 6.45) is 0. The van der Waals surface area contributed by atoms with Crippen molar-refractivity contribution in [2.24, 2.45) is 0 Å². The molecule has 100 valence electrons. The van der Waals surface area contributed by atoms with Crippen LogP contribution in [0.4, 0.5) is 17.6 Å². The van der Waals surface area contributed by atoms with Gasteiger partial charge in [-0.3, -0.25) is 0 Å². The van der Waals surface area contributed by atoms with Crippen LogP contribution >= 0.6 is 11.6 Å². The summed E-state index contributed by atoms with van der Waals surface area (Å²) in [5, 5.41) is 6.03. The monoisotopic (exact) mass is 279 g/mol. The number of anilines is 3. The van der Waals surface area contributed by atoms with Crippen molar-refractivity contribution in [1.29, 1.82) is 0 Å². The van der Waals surface area contributed by atoms with Gasteiger partial charge in [-0.05, 0) is 29.3 Å². The predicted molar refractivity (Wildman–Crippen MR) is 74.8 cm³/mol. The first-order valence-corrected chi connectivity index (χ1v) is 6.03. The Morgan fingerprint density at radius 1 is 1.21 bits per heavy atom. The fourth-order valence-corrected chi connectivity index (χ4v) is 1.71. The predicted octanol–water partition coefficient (Wildman–Crippen LogP) is 2.46. The van der Waals surface area contributed by atoms with Gasteiger partial charge in [0, 0.05) is 19.8 Å². The molecular weight excluding hydrogens is 266 g/mol. The Morgan fingerprint density at radius 3 is 2.74 bits per heavy atom. The van der Waals surface area contributed by atoms with Crippen LogP contribution in [-0.4, -0.2) is 29.1 Å². The Kier molecular flexibility index (Phi) is 4.48. The number of benzene rings is 1. The summed E-state index contributed by atoms with van der Waals surface area (Å²) in [6.45, 7) is 0.551. The molecule has 1 heterocycles. The van der Waals surface area contributed by atoms with E-state index in [1.807, 2.05) is 24.3 Å². The maximum absolute atomic E-state index is 5.81. The fraction of sp³-hybridized carbons (Fsp3) is 0.250. The molecule has 2 N–H and O–H groups in total. The van der Waals surface area contributed by atoms with Crippen molar-refractivity contribution in [2.75, 3.05) is 24.8 Å². The van der Waals surface area contributed by atoms with E-state index in [2.05, 4.69) is 25.6 Å². The molecule has 0 atom stereocenters. The van der Waals surface area contributed by atoms with Gasteiger partial charge in [0.05, 0.1) is 6.61 Å². The summed E-state index contributed by atoms with van der Waals surface area (Å²) in [5.41, 5.74) is 1.92. The maximum atomic E-state index is 5.81. The van der Waals surface area contributed by atoms with E-state index in [0.717, 1.165) is 11.3 Å². The largest absolute Gasteiger partial charge is 0.380 e. The van der Waals surface area contributed by atoms with E-state index < -0.39 is 0 Å². The minimum Gasteiger partial charge on any atom is -0.380 e. The van der Waals surface area contributed by atoms with Gasteiger partial charge < -0.3 is 15.4 Å².